The molecule has 2 N–H and O–H groups in total. The van der Waals surface area contributed by atoms with E-state index in [2.05, 4.69) is 6.07 Å². The predicted octanol–water partition coefficient (Wildman–Crippen LogP) is 3.13. The predicted molar refractivity (Wildman–Crippen MR) is 66.7 cm³/mol. The molecule has 2 aromatic carbocycles. The molecule has 0 amide bonds. The van der Waals surface area contributed by atoms with Crippen LogP contribution in [0.1, 0.15) is 5.56 Å². The fraction of sp³-hybridized carbons (Fsp3) is 0.0714. The molecule has 0 aliphatic carbocycles. The molecule has 0 radical (unpaired) electrons. The van der Waals surface area contributed by atoms with Crippen molar-refractivity contribution >= 4 is 5.69 Å². The second-order valence-corrected chi connectivity index (χ2v) is 3.61. The maximum absolute atomic E-state index is 8.68. The van der Waals surface area contributed by atoms with Gasteiger partial charge in [0, 0.05) is 5.69 Å². The van der Waals surface area contributed by atoms with Crippen LogP contribution >= 0.6 is 0 Å². The van der Waals surface area contributed by atoms with Crippen LogP contribution in [0.25, 0.3) is 0 Å². The van der Waals surface area contributed by atoms with Gasteiger partial charge >= 0.3 is 0 Å². The van der Waals surface area contributed by atoms with E-state index in [9.17, 15) is 0 Å². The Bertz CT molecular complexity index is 544. The van der Waals surface area contributed by atoms with Gasteiger partial charge in [0.2, 0.25) is 0 Å². The third-order valence-corrected chi connectivity index (χ3v) is 2.36. The normalized spacial score (nSPS) is 9.59. The zero-order chi connectivity index (χ0) is 12.1. The van der Waals surface area contributed by atoms with Crippen molar-refractivity contribution < 1.29 is 4.74 Å². The van der Waals surface area contributed by atoms with E-state index in [1.807, 2.05) is 30.3 Å². The van der Waals surface area contributed by atoms with E-state index in [0.29, 0.717) is 11.4 Å². The van der Waals surface area contributed by atoms with Crippen molar-refractivity contribution in [2.75, 3.05) is 5.73 Å². The minimum Gasteiger partial charge on any atom is -0.457 e. The van der Waals surface area contributed by atoms with E-state index < -0.39 is 0 Å². The summed E-state index contributed by atoms with van der Waals surface area (Å²) in [6, 6.07) is 16.9. The van der Waals surface area contributed by atoms with E-state index in [-0.39, 0.29) is 6.42 Å². The molecule has 0 aliphatic heterocycles. The van der Waals surface area contributed by atoms with Crippen LogP contribution in [0.5, 0.6) is 11.5 Å². The number of nitriles is 1. The Labute approximate surface area is 100 Å². The summed E-state index contributed by atoms with van der Waals surface area (Å²) < 4.78 is 5.66. The molecule has 0 saturated carbocycles. The van der Waals surface area contributed by atoms with E-state index in [1.165, 1.54) is 0 Å². The van der Waals surface area contributed by atoms with Gasteiger partial charge in [0.05, 0.1) is 12.5 Å². The third kappa shape index (κ3) is 2.76. The average molecular weight is 224 g/mol. The Morgan fingerprint density at radius 1 is 1.06 bits per heavy atom. The smallest absolute Gasteiger partial charge is 0.127 e. The number of benzene rings is 2. The number of anilines is 1. The van der Waals surface area contributed by atoms with Crippen LogP contribution in [-0.4, -0.2) is 0 Å². The highest BCUT2D eigenvalue weighted by Crippen LogP contribution is 2.25. The molecule has 17 heavy (non-hydrogen) atoms. The van der Waals surface area contributed by atoms with Crippen LogP contribution in [-0.2, 0) is 6.42 Å². The highest BCUT2D eigenvalue weighted by molar-refractivity contribution is 5.52. The molecule has 0 aromatic heterocycles. The van der Waals surface area contributed by atoms with E-state index >= 15 is 0 Å². The van der Waals surface area contributed by atoms with Gasteiger partial charge in [-0.2, -0.15) is 5.26 Å². The van der Waals surface area contributed by atoms with Crippen LogP contribution in [0.2, 0.25) is 0 Å². The van der Waals surface area contributed by atoms with Gasteiger partial charge < -0.3 is 10.5 Å². The molecular weight excluding hydrogens is 212 g/mol. The molecule has 0 atom stereocenters. The molecule has 2 rings (SSSR count). The van der Waals surface area contributed by atoms with Crippen molar-refractivity contribution in [1.29, 1.82) is 5.26 Å². The summed E-state index contributed by atoms with van der Waals surface area (Å²) in [5, 5.41) is 8.68. The van der Waals surface area contributed by atoms with Crippen molar-refractivity contribution in [3.05, 3.63) is 54.1 Å². The first-order valence-corrected chi connectivity index (χ1v) is 5.28. The Balaban J connectivity index is 2.23. The molecule has 0 fully saturated rings. The van der Waals surface area contributed by atoms with Crippen molar-refractivity contribution in [2.24, 2.45) is 0 Å². The van der Waals surface area contributed by atoms with Crippen molar-refractivity contribution in [2.45, 2.75) is 6.42 Å². The number of ether oxygens (including phenoxy) is 1. The zero-order valence-electron chi connectivity index (χ0n) is 9.26. The Hall–Kier alpha value is -2.47. The number of para-hydroxylation sites is 1. The molecule has 0 heterocycles. The molecule has 0 spiro atoms. The lowest BCUT2D eigenvalue weighted by Gasteiger charge is -2.08. The van der Waals surface area contributed by atoms with Crippen molar-refractivity contribution in [3.63, 3.8) is 0 Å². The zero-order valence-corrected chi connectivity index (χ0v) is 9.26. The Kier molecular flexibility index (Phi) is 3.27. The van der Waals surface area contributed by atoms with E-state index in [1.54, 1.807) is 18.2 Å². The molecule has 0 unspecified atom stereocenters. The molecule has 3 nitrogen and oxygen atoms in total. The molecule has 0 bridgehead atoms. The number of hydrogen-bond acceptors (Lipinski definition) is 3. The number of nitrogen functional groups attached to an aromatic ring is 1. The Morgan fingerprint density at radius 3 is 2.53 bits per heavy atom. The highest BCUT2D eigenvalue weighted by atomic mass is 16.5. The summed E-state index contributed by atoms with van der Waals surface area (Å²) in [5.74, 6) is 1.45. The first-order chi connectivity index (χ1) is 8.29. The SMILES string of the molecule is N#CCc1cc(Oc2ccccc2)ccc1N. The quantitative estimate of drug-likeness (QED) is 0.815. The van der Waals surface area contributed by atoms with Crippen LogP contribution in [0.4, 0.5) is 5.69 Å². The molecule has 0 saturated heterocycles. The first kappa shape index (κ1) is 11.0. The summed E-state index contributed by atoms with van der Waals surface area (Å²) in [4.78, 5) is 0. The number of nitrogens with zero attached hydrogens (tertiary/aromatic N) is 1. The van der Waals surface area contributed by atoms with Gasteiger partial charge in [0.1, 0.15) is 11.5 Å². The van der Waals surface area contributed by atoms with Crippen LogP contribution in [0, 0.1) is 11.3 Å². The fourth-order valence-corrected chi connectivity index (χ4v) is 1.51. The number of rotatable bonds is 3. The van der Waals surface area contributed by atoms with Crippen LogP contribution in [0.3, 0.4) is 0 Å². The van der Waals surface area contributed by atoms with Crippen molar-refractivity contribution in [3.8, 4) is 17.6 Å². The second kappa shape index (κ2) is 5.04. The highest BCUT2D eigenvalue weighted by Gasteiger charge is 2.02. The third-order valence-electron chi connectivity index (χ3n) is 2.36. The molecule has 2 aromatic rings. The summed E-state index contributed by atoms with van der Waals surface area (Å²) in [6.07, 6.45) is 0.290. The van der Waals surface area contributed by atoms with Crippen molar-refractivity contribution in [1.82, 2.24) is 0 Å². The standard InChI is InChI=1S/C14H12N2O/c15-9-8-11-10-13(6-7-14(11)16)17-12-4-2-1-3-5-12/h1-7,10H,8,16H2. The molecule has 3 heteroatoms. The lowest BCUT2D eigenvalue weighted by molar-refractivity contribution is 0.482. The lowest BCUT2D eigenvalue weighted by Crippen LogP contribution is -1.94. The average Bonchev–Trinajstić information content (AvgIpc) is 2.35. The summed E-state index contributed by atoms with van der Waals surface area (Å²) >= 11 is 0. The first-order valence-electron chi connectivity index (χ1n) is 5.28. The van der Waals surface area contributed by atoms with Gasteiger partial charge in [0.15, 0.2) is 0 Å². The maximum Gasteiger partial charge on any atom is 0.127 e. The van der Waals surface area contributed by atoms with Gasteiger partial charge in [-0.15, -0.1) is 0 Å². The van der Waals surface area contributed by atoms with Gasteiger partial charge in [-0.3, -0.25) is 0 Å². The molecule has 0 aliphatic rings. The summed E-state index contributed by atoms with van der Waals surface area (Å²) in [7, 11) is 0. The van der Waals surface area contributed by atoms with Gasteiger partial charge in [-0.1, -0.05) is 18.2 Å². The second-order valence-electron chi connectivity index (χ2n) is 3.61. The Morgan fingerprint density at radius 2 is 1.82 bits per heavy atom. The fourth-order valence-electron chi connectivity index (χ4n) is 1.51. The lowest BCUT2D eigenvalue weighted by atomic mass is 10.1. The summed E-state index contributed by atoms with van der Waals surface area (Å²) in [5.41, 5.74) is 7.17. The summed E-state index contributed by atoms with van der Waals surface area (Å²) in [6.45, 7) is 0. The minimum atomic E-state index is 0.290. The number of hydrogen-bond donors (Lipinski definition) is 1. The van der Waals surface area contributed by atoms with E-state index in [4.69, 9.17) is 15.7 Å². The van der Waals surface area contributed by atoms with E-state index in [0.717, 1.165) is 11.3 Å². The minimum absolute atomic E-state index is 0.290. The topological polar surface area (TPSA) is 59.0 Å². The molecule has 84 valence electrons. The monoisotopic (exact) mass is 224 g/mol. The van der Waals surface area contributed by atoms with Gasteiger partial charge in [-0.05, 0) is 35.9 Å². The molecular formula is C14H12N2O. The van der Waals surface area contributed by atoms with Crippen LogP contribution < -0.4 is 10.5 Å². The van der Waals surface area contributed by atoms with Gasteiger partial charge in [-0.25, -0.2) is 0 Å². The van der Waals surface area contributed by atoms with Gasteiger partial charge in [0.25, 0.3) is 0 Å². The maximum atomic E-state index is 8.68. The van der Waals surface area contributed by atoms with Crippen LogP contribution in [0.15, 0.2) is 48.5 Å². The largest absolute Gasteiger partial charge is 0.457 e. The number of nitrogens with two attached hydrogens (primary N) is 1.